The number of fused-ring (bicyclic) bond motifs is 2. The van der Waals surface area contributed by atoms with Crippen LogP contribution < -0.4 is 0 Å². The fourth-order valence-electron chi connectivity index (χ4n) is 4.21. The van der Waals surface area contributed by atoms with E-state index in [1.54, 1.807) is 0 Å². The molecule has 0 aliphatic carbocycles. The van der Waals surface area contributed by atoms with Crippen molar-refractivity contribution < 1.29 is 23.7 Å². The van der Waals surface area contributed by atoms with Gasteiger partial charge in [0.15, 0.2) is 6.29 Å². The van der Waals surface area contributed by atoms with Crippen molar-refractivity contribution in [3.8, 4) is 0 Å². The summed E-state index contributed by atoms with van der Waals surface area (Å²) in [5.41, 5.74) is 3.37. The van der Waals surface area contributed by atoms with E-state index in [0.29, 0.717) is 26.4 Å². The Labute approximate surface area is 188 Å². The summed E-state index contributed by atoms with van der Waals surface area (Å²) in [6, 6.07) is 30.4. The summed E-state index contributed by atoms with van der Waals surface area (Å²) in [7, 11) is 0. The van der Waals surface area contributed by atoms with Gasteiger partial charge in [-0.1, -0.05) is 91.0 Å². The van der Waals surface area contributed by atoms with Crippen molar-refractivity contribution in [1.82, 2.24) is 0 Å². The summed E-state index contributed by atoms with van der Waals surface area (Å²) in [6.07, 6.45) is -1.35. The summed E-state index contributed by atoms with van der Waals surface area (Å²) in [5.74, 6) is 0. The molecule has 0 aromatic heterocycles. The molecule has 5 atom stereocenters. The second-order valence-corrected chi connectivity index (χ2v) is 8.17. The van der Waals surface area contributed by atoms with Crippen molar-refractivity contribution >= 4 is 0 Å². The minimum absolute atomic E-state index is 0.180. The van der Waals surface area contributed by atoms with Gasteiger partial charge in [0.25, 0.3) is 0 Å². The zero-order valence-corrected chi connectivity index (χ0v) is 17.9. The third-order valence-corrected chi connectivity index (χ3v) is 5.85. The van der Waals surface area contributed by atoms with E-state index >= 15 is 0 Å². The van der Waals surface area contributed by atoms with Gasteiger partial charge in [0.05, 0.1) is 26.4 Å². The topological polar surface area (TPSA) is 46.2 Å². The number of hydrogen-bond acceptors (Lipinski definition) is 5. The molecule has 32 heavy (non-hydrogen) atoms. The Morgan fingerprint density at radius 3 is 1.62 bits per heavy atom. The lowest BCUT2D eigenvalue weighted by molar-refractivity contribution is -0.183. The van der Waals surface area contributed by atoms with Crippen molar-refractivity contribution in [2.45, 2.75) is 50.5 Å². The molecular formula is C27H28O5. The smallest absolute Gasteiger partial charge is 0.187 e. The van der Waals surface area contributed by atoms with Crippen LogP contribution in [0.1, 0.15) is 16.7 Å². The number of benzene rings is 3. The van der Waals surface area contributed by atoms with E-state index in [0.717, 1.165) is 16.7 Å². The van der Waals surface area contributed by atoms with Gasteiger partial charge in [-0.15, -0.1) is 0 Å². The molecule has 2 aliphatic rings. The standard InChI is InChI=1S/C27H28O5/c1-4-10-20(11-5-1)16-28-19-23-24-25(29-17-21-12-6-2-7-13-21)26(27(31-23)32-24)30-18-22-14-8-3-9-15-22/h1-15,23-27H,16-19H2/t23-,24-,25+,26-,27-/m1/s1. The molecule has 2 bridgehead atoms. The minimum atomic E-state index is -0.449. The molecule has 2 aliphatic heterocycles. The van der Waals surface area contributed by atoms with Gasteiger partial charge in [0.1, 0.15) is 24.4 Å². The first-order chi connectivity index (χ1) is 15.9. The van der Waals surface area contributed by atoms with Crippen molar-refractivity contribution in [2.24, 2.45) is 0 Å². The van der Waals surface area contributed by atoms with Crippen LogP contribution in [-0.2, 0) is 43.5 Å². The number of hydrogen-bond donors (Lipinski definition) is 0. The van der Waals surface area contributed by atoms with Gasteiger partial charge in [-0.2, -0.15) is 0 Å². The molecule has 5 rings (SSSR count). The fraction of sp³-hybridized carbons (Fsp3) is 0.333. The summed E-state index contributed by atoms with van der Waals surface area (Å²) in [6.45, 7) is 1.98. The highest BCUT2D eigenvalue weighted by Gasteiger charge is 2.57. The Balaban J connectivity index is 1.21. The lowest BCUT2D eigenvalue weighted by Gasteiger charge is -2.32. The van der Waals surface area contributed by atoms with Crippen LogP contribution in [0.4, 0.5) is 0 Å². The molecule has 3 aromatic carbocycles. The first kappa shape index (κ1) is 21.3. The summed E-state index contributed by atoms with van der Waals surface area (Å²) in [5, 5.41) is 0. The average molecular weight is 433 g/mol. The zero-order chi connectivity index (χ0) is 21.6. The van der Waals surface area contributed by atoms with E-state index in [1.807, 2.05) is 54.6 Å². The highest BCUT2D eigenvalue weighted by atomic mass is 16.8. The number of rotatable bonds is 10. The molecule has 0 radical (unpaired) electrons. The van der Waals surface area contributed by atoms with Gasteiger partial charge in [-0.25, -0.2) is 0 Å². The highest BCUT2D eigenvalue weighted by molar-refractivity contribution is 5.15. The van der Waals surface area contributed by atoms with Crippen molar-refractivity contribution in [3.05, 3.63) is 108 Å². The summed E-state index contributed by atoms with van der Waals surface area (Å²) < 4.78 is 30.8. The van der Waals surface area contributed by atoms with Crippen LogP contribution in [0.3, 0.4) is 0 Å². The molecule has 166 valence electrons. The second kappa shape index (κ2) is 10.4. The minimum Gasteiger partial charge on any atom is -0.374 e. The van der Waals surface area contributed by atoms with Crippen molar-refractivity contribution in [2.75, 3.05) is 6.61 Å². The predicted molar refractivity (Wildman–Crippen MR) is 120 cm³/mol. The zero-order valence-electron chi connectivity index (χ0n) is 17.9. The quantitative estimate of drug-likeness (QED) is 0.472. The van der Waals surface area contributed by atoms with Gasteiger partial charge in [0, 0.05) is 0 Å². The molecular weight excluding hydrogens is 404 g/mol. The molecule has 3 aromatic rings. The summed E-state index contributed by atoms with van der Waals surface area (Å²) in [4.78, 5) is 0. The average Bonchev–Trinajstić information content (AvgIpc) is 3.41. The van der Waals surface area contributed by atoms with E-state index < -0.39 is 6.29 Å². The molecule has 0 spiro atoms. The van der Waals surface area contributed by atoms with Crippen LogP contribution in [0.5, 0.6) is 0 Å². The van der Waals surface area contributed by atoms with Crippen LogP contribution in [0.2, 0.25) is 0 Å². The maximum Gasteiger partial charge on any atom is 0.187 e. The Morgan fingerprint density at radius 2 is 1.06 bits per heavy atom. The Bertz CT molecular complexity index is 948. The molecule has 5 nitrogen and oxygen atoms in total. The van der Waals surface area contributed by atoms with E-state index in [2.05, 4.69) is 36.4 Å². The van der Waals surface area contributed by atoms with Crippen LogP contribution in [0.15, 0.2) is 91.0 Å². The van der Waals surface area contributed by atoms with Gasteiger partial charge < -0.3 is 23.7 Å². The molecule has 2 heterocycles. The Kier molecular flexibility index (Phi) is 6.92. The van der Waals surface area contributed by atoms with E-state index in [9.17, 15) is 0 Å². The molecule has 0 unspecified atom stereocenters. The van der Waals surface area contributed by atoms with Crippen LogP contribution in [-0.4, -0.2) is 37.3 Å². The van der Waals surface area contributed by atoms with Gasteiger partial charge >= 0.3 is 0 Å². The Morgan fingerprint density at radius 1 is 0.562 bits per heavy atom. The summed E-state index contributed by atoms with van der Waals surface area (Å²) >= 11 is 0. The molecule has 0 amide bonds. The van der Waals surface area contributed by atoms with E-state index in [1.165, 1.54) is 0 Å². The largest absolute Gasteiger partial charge is 0.374 e. The Hall–Kier alpha value is -2.54. The fourth-order valence-corrected chi connectivity index (χ4v) is 4.21. The van der Waals surface area contributed by atoms with Crippen LogP contribution >= 0.6 is 0 Å². The number of ether oxygens (including phenoxy) is 5. The van der Waals surface area contributed by atoms with Crippen molar-refractivity contribution in [1.29, 1.82) is 0 Å². The van der Waals surface area contributed by atoms with Crippen LogP contribution in [0.25, 0.3) is 0 Å². The third-order valence-electron chi connectivity index (χ3n) is 5.85. The first-order valence-electron chi connectivity index (χ1n) is 11.1. The van der Waals surface area contributed by atoms with Crippen LogP contribution in [0, 0.1) is 0 Å². The molecule has 0 saturated carbocycles. The predicted octanol–water partition coefficient (Wildman–Crippen LogP) is 4.50. The SMILES string of the molecule is c1ccc(COC[C@H]2O[C@@H]3O[C@H]2[C@H](OCc2ccccc2)[C@H]3OCc2ccccc2)cc1. The van der Waals surface area contributed by atoms with Gasteiger partial charge in [0.2, 0.25) is 0 Å². The van der Waals surface area contributed by atoms with Gasteiger partial charge in [-0.05, 0) is 16.7 Å². The third kappa shape index (κ3) is 5.09. The van der Waals surface area contributed by atoms with E-state index in [4.69, 9.17) is 23.7 Å². The van der Waals surface area contributed by atoms with E-state index in [-0.39, 0.29) is 24.4 Å². The maximum absolute atomic E-state index is 6.33. The maximum atomic E-state index is 6.33. The normalized spacial score (nSPS) is 26.4. The monoisotopic (exact) mass is 432 g/mol. The second-order valence-electron chi connectivity index (χ2n) is 8.17. The molecule has 2 fully saturated rings. The lowest BCUT2D eigenvalue weighted by atomic mass is 10.0. The molecule has 0 N–H and O–H groups in total. The van der Waals surface area contributed by atoms with Crippen molar-refractivity contribution in [3.63, 3.8) is 0 Å². The van der Waals surface area contributed by atoms with Gasteiger partial charge in [-0.3, -0.25) is 0 Å². The highest BCUT2D eigenvalue weighted by Crippen LogP contribution is 2.38. The molecule has 5 heteroatoms. The molecule has 2 saturated heterocycles. The lowest BCUT2D eigenvalue weighted by Crippen LogP contribution is -2.49. The first-order valence-corrected chi connectivity index (χ1v) is 11.1.